The van der Waals surface area contributed by atoms with Gasteiger partial charge in [0.05, 0.1) is 0 Å². The lowest BCUT2D eigenvalue weighted by Gasteiger charge is -2.27. The number of benzene rings is 1. The molecule has 182 valence electrons. The van der Waals surface area contributed by atoms with E-state index in [2.05, 4.69) is 69.5 Å². The maximum atomic E-state index is 13.5. The molecular weight excluding hydrogens is 420 g/mol. The fourth-order valence-electron chi connectivity index (χ4n) is 3.75. The molecule has 34 heavy (non-hydrogen) atoms. The number of allylic oxidation sites excluding steroid dienone is 9. The number of nitrogens with two attached hydrogens (primary N) is 1. The second-order valence-corrected chi connectivity index (χ2v) is 8.95. The van der Waals surface area contributed by atoms with Gasteiger partial charge in [0.25, 0.3) is 0 Å². The molecule has 0 aromatic heterocycles. The predicted molar refractivity (Wildman–Crippen MR) is 145 cm³/mol. The van der Waals surface area contributed by atoms with Gasteiger partial charge in [-0.3, -0.25) is 10.2 Å². The Labute approximate surface area is 205 Å². The van der Waals surface area contributed by atoms with Gasteiger partial charge in [-0.15, -0.1) is 0 Å². The second-order valence-electron chi connectivity index (χ2n) is 8.95. The van der Waals surface area contributed by atoms with Crippen molar-refractivity contribution in [1.29, 1.82) is 5.41 Å². The van der Waals surface area contributed by atoms with Gasteiger partial charge in [0.2, 0.25) is 5.91 Å². The number of hydrogen-bond acceptors (Lipinski definition) is 3. The maximum Gasteiger partial charge on any atom is 0.249 e. The average molecular weight is 461 g/mol. The van der Waals surface area contributed by atoms with Gasteiger partial charge >= 0.3 is 0 Å². The Kier molecular flexibility index (Phi) is 11.1. The molecule has 1 heterocycles. The molecule has 5 nitrogen and oxygen atoms in total. The van der Waals surface area contributed by atoms with E-state index in [1.807, 2.05) is 35.3 Å². The third-order valence-electron chi connectivity index (χ3n) is 5.57. The van der Waals surface area contributed by atoms with E-state index in [9.17, 15) is 4.79 Å². The number of carbonyl (C=O) groups excluding carboxylic acids is 1. The Balaban J connectivity index is 2.14. The van der Waals surface area contributed by atoms with Crippen LogP contribution in [0.2, 0.25) is 0 Å². The number of likely N-dealkylation sites (tertiary alicyclic amines) is 1. The molecule has 0 aliphatic carbocycles. The quantitative estimate of drug-likeness (QED) is 0.217. The highest BCUT2D eigenvalue weighted by molar-refractivity contribution is 5.96. The first-order chi connectivity index (χ1) is 16.3. The molecule has 1 aromatic rings. The molecule has 0 radical (unpaired) electrons. The zero-order valence-corrected chi connectivity index (χ0v) is 21.1. The predicted octanol–water partition coefficient (Wildman–Crippen LogP) is 6.33. The summed E-state index contributed by atoms with van der Waals surface area (Å²) >= 11 is 0. The molecular formula is C29H40N4O. The molecule has 1 saturated heterocycles. The summed E-state index contributed by atoms with van der Waals surface area (Å²) in [5, 5.41) is 11.1. The van der Waals surface area contributed by atoms with Crippen molar-refractivity contribution in [3.05, 3.63) is 89.7 Å². The minimum absolute atomic E-state index is 0.0198. The minimum atomic E-state index is -0.309. The topological polar surface area (TPSA) is 82.2 Å². The first-order valence-electron chi connectivity index (χ1n) is 12.2. The van der Waals surface area contributed by atoms with Crippen LogP contribution in [0.3, 0.4) is 0 Å². The number of hydrogen-bond donors (Lipinski definition) is 3. The van der Waals surface area contributed by atoms with Crippen molar-refractivity contribution in [1.82, 2.24) is 4.90 Å². The second kappa shape index (κ2) is 14.0. The van der Waals surface area contributed by atoms with Gasteiger partial charge in [-0.25, -0.2) is 0 Å². The molecule has 5 heteroatoms. The molecule has 1 aromatic carbocycles. The lowest BCUT2D eigenvalue weighted by atomic mass is 10.1. The van der Waals surface area contributed by atoms with Crippen molar-refractivity contribution >= 4 is 17.4 Å². The van der Waals surface area contributed by atoms with E-state index < -0.39 is 0 Å². The van der Waals surface area contributed by atoms with Crippen molar-refractivity contribution < 1.29 is 4.79 Å². The summed E-state index contributed by atoms with van der Waals surface area (Å²) in [7, 11) is 0. The first kappa shape index (κ1) is 26.9. The van der Waals surface area contributed by atoms with Crippen LogP contribution in [0.1, 0.15) is 58.9 Å². The van der Waals surface area contributed by atoms with E-state index in [-0.39, 0.29) is 23.7 Å². The zero-order chi connectivity index (χ0) is 24.9. The van der Waals surface area contributed by atoms with Gasteiger partial charge < -0.3 is 16.0 Å². The molecule has 2 rings (SSSR count). The molecule has 0 saturated carbocycles. The third-order valence-corrected chi connectivity index (χ3v) is 5.57. The number of rotatable bonds is 10. The SMILES string of the molecule is CC/C=C(\C=C/C(C)/C=C/C=C\C=C(C)C)N1CCCCC(Nc2cccc(C(=N)N)c2)C1=O. The Morgan fingerprint density at radius 2 is 2.03 bits per heavy atom. The summed E-state index contributed by atoms with van der Waals surface area (Å²) < 4.78 is 0. The molecule has 2 atom stereocenters. The Morgan fingerprint density at radius 3 is 2.74 bits per heavy atom. The van der Waals surface area contributed by atoms with Crippen LogP contribution in [0, 0.1) is 11.3 Å². The Bertz CT molecular complexity index is 980. The lowest BCUT2D eigenvalue weighted by molar-refractivity contribution is -0.129. The highest BCUT2D eigenvalue weighted by atomic mass is 16.2. The highest BCUT2D eigenvalue weighted by Crippen LogP contribution is 2.22. The van der Waals surface area contributed by atoms with E-state index in [0.29, 0.717) is 5.56 Å². The van der Waals surface area contributed by atoms with Crippen molar-refractivity contribution in [3.8, 4) is 0 Å². The number of nitrogen functional groups attached to an aromatic ring is 1. The molecule has 1 amide bonds. The van der Waals surface area contributed by atoms with Gasteiger partial charge in [0, 0.05) is 23.5 Å². The van der Waals surface area contributed by atoms with Crippen LogP contribution in [-0.2, 0) is 4.79 Å². The standard InChI is InChI=1S/C29H40N4O/c1-5-12-26(19-18-23(4)14-8-6-7-13-22(2)3)33-20-10-9-17-27(29(33)34)32-25-16-11-15-24(21-25)28(30)31/h6-8,11-16,18-19,21,23,27,32H,5,9-10,17,20H2,1-4H3,(H3,30,31)/b7-6-,14-8+,19-18-,26-12+. The fraction of sp³-hybridized carbons (Fsp3) is 0.379. The van der Waals surface area contributed by atoms with Crippen molar-refractivity contribution in [2.24, 2.45) is 11.7 Å². The van der Waals surface area contributed by atoms with Crippen molar-refractivity contribution in [2.45, 2.75) is 59.4 Å². The first-order valence-corrected chi connectivity index (χ1v) is 12.2. The van der Waals surface area contributed by atoms with Crippen LogP contribution < -0.4 is 11.1 Å². The Morgan fingerprint density at radius 1 is 1.24 bits per heavy atom. The average Bonchev–Trinajstić information content (AvgIpc) is 2.98. The molecule has 0 bridgehead atoms. The third kappa shape index (κ3) is 8.89. The number of carbonyl (C=O) groups is 1. The summed E-state index contributed by atoms with van der Waals surface area (Å²) in [5.41, 5.74) is 9.32. The summed E-state index contributed by atoms with van der Waals surface area (Å²) in [6, 6.07) is 7.09. The van der Waals surface area contributed by atoms with Crippen LogP contribution >= 0.6 is 0 Å². The number of nitrogens with one attached hydrogen (secondary N) is 2. The number of amidine groups is 1. The van der Waals surface area contributed by atoms with E-state index in [1.54, 1.807) is 6.07 Å². The normalized spacial score (nSPS) is 18.5. The van der Waals surface area contributed by atoms with E-state index in [4.69, 9.17) is 11.1 Å². The zero-order valence-electron chi connectivity index (χ0n) is 21.1. The fourth-order valence-corrected chi connectivity index (χ4v) is 3.75. The van der Waals surface area contributed by atoms with E-state index >= 15 is 0 Å². The van der Waals surface area contributed by atoms with E-state index in [1.165, 1.54) is 5.57 Å². The Hall–Kier alpha value is -3.34. The number of amides is 1. The van der Waals surface area contributed by atoms with Gasteiger partial charge in [0.1, 0.15) is 11.9 Å². The van der Waals surface area contributed by atoms with Crippen LogP contribution in [0.4, 0.5) is 5.69 Å². The van der Waals surface area contributed by atoms with Crippen LogP contribution in [0.25, 0.3) is 0 Å². The molecule has 4 N–H and O–H groups in total. The van der Waals surface area contributed by atoms with E-state index in [0.717, 1.165) is 43.6 Å². The molecule has 1 aliphatic heterocycles. The molecule has 0 spiro atoms. The largest absolute Gasteiger partial charge is 0.384 e. The molecule has 2 unspecified atom stereocenters. The molecule has 1 aliphatic rings. The number of anilines is 1. The highest BCUT2D eigenvalue weighted by Gasteiger charge is 2.28. The van der Waals surface area contributed by atoms with Gasteiger partial charge in [0.15, 0.2) is 0 Å². The monoisotopic (exact) mass is 460 g/mol. The van der Waals surface area contributed by atoms with Gasteiger partial charge in [-0.2, -0.15) is 0 Å². The van der Waals surface area contributed by atoms with Crippen molar-refractivity contribution in [3.63, 3.8) is 0 Å². The lowest BCUT2D eigenvalue weighted by Crippen LogP contribution is -2.40. The molecule has 1 fully saturated rings. The minimum Gasteiger partial charge on any atom is -0.384 e. The summed E-state index contributed by atoms with van der Waals surface area (Å²) in [6.07, 6.45) is 20.3. The van der Waals surface area contributed by atoms with Crippen LogP contribution in [0.5, 0.6) is 0 Å². The smallest absolute Gasteiger partial charge is 0.249 e. The van der Waals surface area contributed by atoms with Gasteiger partial charge in [-0.1, -0.05) is 74.1 Å². The van der Waals surface area contributed by atoms with Crippen LogP contribution in [-0.4, -0.2) is 29.2 Å². The summed E-state index contributed by atoms with van der Waals surface area (Å²) in [5.74, 6) is 0.358. The summed E-state index contributed by atoms with van der Waals surface area (Å²) in [4.78, 5) is 15.4. The van der Waals surface area contributed by atoms with Gasteiger partial charge in [-0.05, 0) is 63.7 Å². The van der Waals surface area contributed by atoms with Crippen LogP contribution in [0.15, 0.2) is 84.1 Å². The summed E-state index contributed by atoms with van der Waals surface area (Å²) in [6.45, 7) is 9.11. The van der Waals surface area contributed by atoms with Crippen molar-refractivity contribution in [2.75, 3.05) is 11.9 Å². The number of nitrogens with zero attached hydrogens (tertiary/aromatic N) is 1. The maximum absolute atomic E-state index is 13.5.